The predicted molar refractivity (Wildman–Crippen MR) is 74.7 cm³/mol. The van der Waals surface area contributed by atoms with Crippen molar-refractivity contribution in [3.63, 3.8) is 0 Å². The second kappa shape index (κ2) is 3.95. The summed E-state index contributed by atoms with van der Waals surface area (Å²) < 4.78 is 66.5. The molecule has 3 rings (SSSR count). The molecular weight excluding hydrogens is 247 g/mol. The quantitative estimate of drug-likeness (QED) is 0.767. The van der Waals surface area contributed by atoms with Crippen LogP contribution in [-0.4, -0.2) is 36.3 Å². The second-order valence-electron chi connectivity index (χ2n) is 5.26. The van der Waals surface area contributed by atoms with Crippen LogP contribution in [0, 0.1) is 0 Å². The van der Waals surface area contributed by atoms with E-state index in [-0.39, 0.29) is 16.1 Å². The number of aromatic nitrogens is 1. The van der Waals surface area contributed by atoms with Crippen molar-refractivity contribution in [1.29, 1.82) is 0 Å². The summed E-state index contributed by atoms with van der Waals surface area (Å²) in [6.45, 7) is 2.26. The molecule has 0 amide bonds. The first kappa shape index (κ1) is 6.73. The van der Waals surface area contributed by atoms with Gasteiger partial charge >= 0.3 is 7.12 Å². The average Bonchev–Trinajstić information content (AvgIpc) is 2.86. The van der Waals surface area contributed by atoms with Gasteiger partial charge in [-0.15, -0.1) is 11.3 Å². The van der Waals surface area contributed by atoms with E-state index in [0.29, 0.717) is 4.90 Å². The molecule has 1 aromatic rings. The van der Waals surface area contributed by atoms with Gasteiger partial charge in [-0.05, 0) is 34.1 Å². The molecule has 2 fully saturated rings. The molecule has 2 aliphatic rings. The van der Waals surface area contributed by atoms with Gasteiger partial charge in [-0.1, -0.05) is 0 Å². The van der Waals surface area contributed by atoms with E-state index in [2.05, 4.69) is 4.98 Å². The van der Waals surface area contributed by atoms with Crippen LogP contribution in [0.5, 0.6) is 0 Å². The molecule has 0 atom stereocenters. The lowest BCUT2D eigenvalue weighted by molar-refractivity contribution is 0.00578. The number of anilines is 1. The van der Waals surface area contributed by atoms with E-state index in [1.54, 1.807) is 0 Å². The lowest BCUT2D eigenvalue weighted by Gasteiger charge is -2.32. The summed E-state index contributed by atoms with van der Waals surface area (Å²) in [5.41, 5.74) is -1.13. The zero-order valence-corrected chi connectivity index (χ0v) is 11.5. The van der Waals surface area contributed by atoms with Crippen molar-refractivity contribution < 1.29 is 18.9 Å². The first-order valence-electron chi connectivity index (χ1n) is 9.19. The Kier molecular flexibility index (Phi) is 1.48. The molecule has 0 aliphatic carbocycles. The van der Waals surface area contributed by atoms with E-state index in [4.69, 9.17) is 18.9 Å². The smallest absolute Gasteiger partial charge is 0.398 e. The fraction of sp³-hybridized carbons (Fsp3) is 0.750. The molecular formula is C12H19BN2O2S. The predicted octanol–water partition coefficient (Wildman–Crippen LogP) is 1.65. The van der Waals surface area contributed by atoms with Crippen LogP contribution in [0.25, 0.3) is 0 Å². The van der Waals surface area contributed by atoms with Gasteiger partial charge in [-0.3, -0.25) is 0 Å². The Morgan fingerprint density at radius 2 is 2.00 bits per heavy atom. The molecule has 2 aliphatic heterocycles. The number of nitrogens with zero attached hydrogens (tertiary/aromatic N) is 2. The van der Waals surface area contributed by atoms with Crippen LogP contribution in [-0.2, 0) is 9.31 Å². The van der Waals surface area contributed by atoms with Crippen LogP contribution in [0.1, 0.15) is 43.7 Å². The van der Waals surface area contributed by atoms with Crippen molar-refractivity contribution in [3.05, 3.63) is 5.36 Å². The second-order valence-corrected chi connectivity index (χ2v) is 6.03. The summed E-state index contributed by atoms with van der Waals surface area (Å²) in [5, 5.41) is -0.146. The summed E-state index contributed by atoms with van der Waals surface area (Å²) in [5.74, 6) is 0. The Labute approximate surface area is 122 Å². The molecule has 3 heterocycles. The maximum atomic E-state index is 8.10. The zero-order valence-electron chi connectivity index (χ0n) is 17.7. The van der Waals surface area contributed by atoms with Gasteiger partial charge in [0.1, 0.15) is 0 Å². The first-order chi connectivity index (χ1) is 11.1. The van der Waals surface area contributed by atoms with Crippen molar-refractivity contribution in [3.8, 4) is 0 Å². The topological polar surface area (TPSA) is 34.6 Å². The third-order valence-electron chi connectivity index (χ3n) is 3.47. The largest absolute Gasteiger partial charge is 0.515 e. The van der Waals surface area contributed by atoms with E-state index < -0.39 is 37.7 Å². The Hall–Kier alpha value is -0.585. The Morgan fingerprint density at radius 3 is 2.61 bits per heavy atom. The number of thiazole rings is 1. The van der Waals surface area contributed by atoms with Crippen molar-refractivity contribution in [1.82, 2.24) is 4.98 Å². The van der Waals surface area contributed by atoms with Gasteiger partial charge in [0.25, 0.3) is 0 Å². The lowest BCUT2D eigenvalue weighted by Crippen LogP contribution is -2.41. The highest BCUT2D eigenvalue weighted by Gasteiger charge is 2.52. The molecule has 0 aromatic carbocycles. The standard InChI is InChI=1S/C12H19BN2O2S/c1-11(2)12(3,4)17-13(16-11)9-8-18-10(14-9)15-6-5-7-15/h8H,5-7H2,1-4H3/i5D2,6D2,7D2,8D. The molecule has 18 heavy (non-hydrogen) atoms. The van der Waals surface area contributed by atoms with Crippen LogP contribution in [0.3, 0.4) is 0 Å². The van der Waals surface area contributed by atoms with Gasteiger partial charge < -0.3 is 14.2 Å². The molecule has 2 saturated heterocycles. The van der Waals surface area contributed by atoms with Gasteiger partial charge in [-0.25, -0.2) is 4.98 Å². The molecule has 0 bridgehead atoms. The fourth-order valence-electron chi connectivity index (χ4n) is 1.61. The molecule has 0 saturated carbocycles. The summed E-state index contributed by atoms with van der Waals surface area (Å²) in [6, 6.07) is 0. The SMILES string of the molecule is [2H]c1sc(N2C([2H])([2H])C([2H])([2H])C2([2H])[2H])nc1B1OC(C)(C)C(C)(C)O1. The number of rotatable bonds is 2. The van der Waals surface area contributed by atoms with Crippen LogP contribution in [0.15, 0.2) is 5.36 Å². The van der Waals surface area contributed by atoms with Gasteiger partial charge in [0.15, 0.2) is 5.13 Å². The van der Waals surface area contributed by atoms with Crippen molar-refractivity contribution in [2.75, 3.05) is 17.9 Å². The van der Waals surface area contributed by atoms with E-state index in [1.807, 2.05) is 27.7 Å². The van der Waals surface area contributed by atoms with E-state index in [1.165, 1.54) is 0 Å². The Balaban J connectivity index is 1.95. The minimum absolute atomic E-state index is 0.0347. The van der Waals surface area contributed by atoms with Gasteiger partial charge in [0.2, 0.25) is 0 Å². The molecule has 0 spiro atoms. The average molecular weight is 273 g/mol. The highest BCUT2D eigenvalue weighted by Crippen LogP contribution is 2.36. The summed E-state index contributed by atoms with van der Waals surface area (Å²) >= 11 is 0.766. The van der Waals surface area contributed by atoms with Crippen LogP contribution >= 0.6 is 11.3 Å². The molecule has 0 N–H and O–H groups in total. The molecule has 0 radical (unpaired) electrons. The number of hydrogen-bond donors (Lipinski definition) is 0. The molecule has 4 nitrogen and oxygen atoms in total. The minimum atomic E-state index is -2.70. The highest BCUT2D eigenvalue weighted by atomic mass is 32.1. The van der Waals surface area contributed by atoms with Crippen molar-refractivity contribution in [2.24, 2.45) is 0 Å². The fourth-order valence-corrected chi connectivity index (χ4v) is 2.27. The van der Waals surface area contributed by atoms with Crippen LogP contribution < -0.4 is 10.5 Å². The van der Waals surface area contributed by atoms with Crippen molar-refractivity contribution in [2.45, 2.75) is 45.3 Å². The lowest BCUT2D eigenvalue weighted by atomic mass is 9.86. The molecule has 0 unspecified atom stereocenters. The van der Waals surface area contributed by atoms with Crippen molar-refractivity contribution >= 4 is 29.2 Å². The maximum absolute atomic E-state index is 8.10. The molecule has 6 heteroatoms. The Morgan fingerprint density at radius 1 is 1.39 bits per heavy atom. The summed E-state index contributed by atoms with van der Waals surface area (Å²) in [4.78, 5) is 4.80. The summed E-state index contributed by atoms with van der Waals surface area (Å²) in [7, 11) is -0.919. The van der Waals surface area contributed by atoms with Crippen LogP contribution in [0.2, 0.25) is 0 Å². The minimum Gasteiger partial charge on any atom is -0.398 e. The maximum Gasteiger partial charge on any atom is 0.515 e. The molecule has 1 aromatic heterocycles. The van der Waals surface area contributed by atoms with Gasteiger partial charge in [0.05, 0.1) is 18.2 Å². The third-order valence-corrected chi connectivity index (χ3v) is 4.23. The monoisotopic (exact) mass is 273 g/mol. The highest BCUT2D eigenvalue weighted by molar-refractivity contribution is 7.14. The molecule has 98 valence electrons. The van der Waals surface area contributed by atoms with Gasteiger partial charge in [0, 0.05) is 26.6 Å². The number of hydrogen-bond acceptors (Lipinski definition) is 5. The zero-order chi connectivity index (χ0) is 19.2. The van der Waals surface area contributed by atoms with Gasteiger partial charge in [-0.2, -0.15) is 0 Å². The van der Waals surface area contributed by atoms with Crippen LogP contribution in [0.4, 0.5) is 5.13 Å². The van der Waals surface area contributed by atoms with E-state index >= 15 is 0 Å². The Bertz CT molecular complexity index is 690. The normalized spacial score (nSPS) is 39.4. The van der Waals surface area contributed by atoms with E-state index in [9.17, 15) is 0 Å². The summed E-state index contributed by atoms with van der Waals surface area (Å²) in [6.07, 6.45) is -2.70. The third kappa shape index (κ3) is 1.87. The first-order valence-corrected chi connectivity index (χ1v) is 6.51. The van der Waals surface area contributed by atoms with E-state index in [0.717, 1.165) is 11.3 Å².